The standard InChI is InChI=1S/C19H18N6O/c1-13(16-6-8-20-12-21-16)22-19(26)17-10-15(23-24-17)11-25-9-7-14-4-2-3-5-18(14)25/h2-10,12-13H,11H2,1H3,(H,22,26)(H,23,24). The Labute approximate surface area is 150 Å². The molecule has 0 saturated carbocycles. The first-order valence-corrected chi connectivity index (χ1v) is 8.35. The van der Waals surface area contributed by atoms with Crippen LogP contribution in [-0.2, 0) is 6.54 Å². The molecule has 3 heterocycles. The third-order valence-corrected chi connectivity index (χ3v) is 4.28. The molecule has 1 unspecified atom stereocenters. The van der Waals surface area contributed by atoms with Gasteiger partial charge in [-0.15, -0.1) is 0 Å². The molecule has 0 fully saturated rings. The van der Waals surface area contributed by atoms with Crippen LogP contribution in [-0.4, -0.2) is 30.6 Å². The Hall–Kier alpha value is -3.48. The highest BCUT2D eigenvalue weighted by atomic mass is 16.2. The van der Waals surface area contributed by atoms with Crippen molar-refractivity contribution in [3.05, 3.63) is 78.3 Å². The third-order valence-electron chi connectivity index (χ3n) is 4.28. The predicted octanol–water partition coefficient (Wildman–Crippen LogP) is 2.69. The first kappa shape index (κ1) is 16.0. The van der Waals surface area contributed by atoms with Gasteiger partial charge in [0.2, 0.25) is 0 Å². The van der Waals surface area contributed by atoms with E-state index >= 15 is 0 Å². The van der Waals surface area contributed by atoms with Crippen molar-refractivity contribution in [1.29, 1.82) is 0 Å². The maximum absolute atomic E-state index is 12.4. The van der Waals surface area contributed by atoms with E-state index in [1.54, 1.807) is 18.3 Å². The minimum atomic E-state index is -0.240. The molecule has 3 aromatic heterocycles. The van der Waals surface area contributed by atoms with Gasteiger partial charge < -0.3 is 9.88 Å². The summed E-state index contributed by atoms with van der Waals surface area (Å²) in [5.74, 6) is -0.240. The molecule has 0 aliphatic heterocycles. The van der Waals surface area contributed by atoms with Crippen LogP contribution in [0.3, 0.4) is 0 Å². The molecule has 1 aromatic carbocycles. The Morgan fingerprint density at radius 3 is 3.00 bits per heavy atom. The van der Waals surface area contributed by atoms with Crippen molar-refractivity contribution in [2.24, 2.45) is 0 Å². The highest BCUT2D eigenvalue weighted by molar-refractivity contribution is 5.92. The molecule has 4 rings (SSSR count). The number of hydrogen-bond donors (Lipinski definition) is 2. The Morgan fingerprint density at radius 1 is 1.27 bits per heavy atom. The van der Waals surface area contributed by atoms with Crippen molar-refractivity contribution >= 4 is 16.8 Å². The number of amides is 1. The molecule has 0 radical (unpaired) electrons. The first-order valence-electron chi connectivity index (χ1n) is 8.35. The highest BCUT2D eigenvalue weighted by Crippen LogP contribution is 2.16. The van der Waals surface area contributed by atoms with Crippen molar-refractivity contribution in [3.63, 3.8) is 0 Å². The number of H-pyrrole nitrogens is 1. The lowest BCUT2D eigenvalue weighted by atomic mass is 10.2. The van der Waals surface area contributed by atoms with Crippen molar-refractivity contribution < 1.29 is 4.79 Å². The van der Waals surface area contributed by atoms with E-state index in [9.17, 15) is 4.79 Å². The zero-order valence-electron chi connectivity index (χ0n) is 14.3. The SMILES string of the molecule is CC(NC(=O)c1cc(Cn2ccc3ccccc32)[nH]n1)c1ccncn1. The van der Waals surface area contributed by atoms with E-state index in [4.69, 9.17) is 0 Å². The fourth-order valence-corrected chi connectivity index (χ4v) is 2.92. The molecule has 0 spiro atoms. The number of fused-ring (bicyclic) bond motifs is 1. The summed E-state index contributed by atoms with van der Waals surface area (Å²) in [6.45, 7) is 2.50. The van der Waals surface area contributed by atoms with Gasteiger partial charge in [0, 0.05) is 17.9 Å². The third kappa shape index (κ3) is 3.19. The van der Waals surface area contributed by atoms with Gasteiger partial charge in [-0.3, -0.25) is 9.89 Å². The largest absolute Gasteiger partial charge is 0.343 e. The van der Waals surface area contributed by atoms with Crippen LogP contribution in [0.5, 0.6) is 0 Å². The quantitative estimate of drug-likeness (QED) is 0.581. The molecule has 0 aliphatic rings. The summed E-state index contributed by atoms with van der Waals surface area (Å²) in [6.07, 6.45) is 5.15. The van der Waals surface area contributed by atoms with Gasteiger partial charge in [-0.05, 0) is 36.6 Å². The van der Waals surface area contributed by atoms with E-state index < -0.39 is 0 Å². The number of aromatic nitrogens is 5. The first-order chi connectivity index (χ1) is 12.7. The molecule has 1 amide bonds. The summed E-state index contributed by atoms with van der Waals surface area (Å²) in [5.41, 5.74) is 3.12. The van der Waals surface area contributed by atoms with Crippen molar-refractivity contribution in [2.45, 2.75) is 19.5 Å². The van der Waals surface area contributed by atoms with Crippen molar-refractivity contribution in [1.82, 2.24) is 30.0 Å². The average molecular weight is 346 g/mol. The number of rotatable bonds is 5. The fourth-order valence-electron chi connectivity index (χ4n) is 2.92. The Bertz CT molecular complexity index is 1040. The smallest absolute Gasteiger partial charge is 0.272 e. The van der Waals surface area contributed by atoms with Crippen molar-refractivity contribution in [2.75, 3.05) is 0 Å². The molecule has 130 valence electrons. The number of para-hydroxylation sites is 1. The van der Waals surface area contributed by atoms with E-state index in [0.29, 0.717) is 12.2 Å². The van der Waals surface area contributed by atoms with Gasteiger partial charge in [0.1, 0.15) is 12.0 Å². The monoisotopic (exact) mass is 346 g/mol. The van der Waals surface area contributed by atoms with Crippen molar-refractivity contribution in [3.8, 4) is 0 Å². The molecule has 0 bridgehead atoms. The second kappa shape index (κ2) is 6.79. The van der Waals surface area contributed by atoms with Gasteiger partial charge in [0.05, 0.1) is 24.0 Å². The molecule has 0 saturated heterocycles. The summed E-state index contributed by atoms with van der Waals surface area (Å²) in [7, 11) is 0. The van der Waals surface area contributed by atoms with Crippen LogP contribution in [0.1, 0.15) is 34.8 Å². The van der Waals surface area contributed by atoms with Crippen LogP contribution in [0.15, 0.2) is 61.2 Å². The second-order valence-electron chi connectivity index (χ2n) is 6.11. The lowest BCUT2D eigenvalue weighted by Crippen LogP contribution is -2.27. The Morgan fingerprint density at radius 2 is 2.15 bits per heavy atom. The summed E-state index contributed by atoms with van der Waals surface area (Å²) < 4.78 is 2.12. The van der Waals surface area contributed by atoms with E-state index in [0.717, 1.165) is 16.9 Å². The second-order valence-corrected chi connectivity index (χ2v) is 6.11. The normalized spacial score (nSPS) is 12.2. The number of nitrogens with one attached hydrogen (secondary N) is 2. The van der Waals surface area contributed by atoms with Gasteiger partial charge in [0.25, 0.3) is 5.91 Å². The van der Waals surface area contributed by atoms with E-state index in [1.165, 1.54) is 11.7 Å². The number of aromatic amines is 1. The number of hydrogen-bond acceptors (Lipinski definition) is 4. The summed E-state index contributed by atoms with van der Waals surface area (Å²) >= 11 is 0. The van der Waals surface area contributed by atoms with E-state index in [1.807, 2.05) is 25.3 Å². The van der Waals surface area contributed by atoms with E-state index in [2.05, 4.69) is 48.2 Å². The van der Waals surface area contributed by atoms with Gasteiger partial charge >= 0.3 is 0 Å². The Balaban J connectivity index is 1.46. The summed E-state index contributed by atoms with van der Waals surface area (Å²) in [4.78, 5) is 20.4. The van der Waals surface area contributed by atoms with Gasteiger partial charge in [-0.25, -0.2) is 9.97 Å². The molecule has 2 N–H and O–H groups in total. The molecule has 7 nitrogen and oxygen atoms in total. The number of carbonyl (C=O) groups excluding carboxylic acids is 1. The zero-order valence-corrected chi connectivity index (χ0v) is 14.3. The van der Waals surface area contributed by atoms with Crippen LogP contribution < -0.4 is 5.32 Å². The summed E-state index contributed by atoms with van der Waals surface area (Å²) in [5, 5.41) is 11.2. The minimum absolute atomic E-state index is 0.223. The lowest BCUT2D eigenvalue weighted by Gasteiger charge is -2.11. The van der Waals surface area contributed by atoms with E-state index in [-0.39, 0.29) is 11.9 Å². The fraction of sp³-hybridized carbons (Fsp3) is 0.158. The van der Waals surface area contributed by atoms with Crippen LogP contribution in [0.2, 0.25) is 0 Å². The molecule has 4 aromatic rings. The van der Waals surface area contributed by atoms with Gasteiger partial charge in [-0.2, -0.15) is 5.10 Å². The molecular weight excluding hydrogens is 328 g/mol. The topological polar surface area (TPSA) is 88.5 Å². The lowest BCUT2D eigenvalue weighted by molar-refractivity contribution is 0.0934. The number of carbonyl (C=O) groups is 1. The maximum Gasteiger partial charge on any atom is 0.272 e. The van der Waals surface area contributed by atoms with Crippen LogP contribution in [0.4, 0.5) is 0 Å². The number of benzene rings is 1. The van der Waals surface area contributed by atoms with Crippen LogP contribution in [0.25, 0.3) is 10.9 Å². The summed E-state index contributed by atoms with van der Waals surface area (Å²) in [6, 6.07) is 13.6. The average Bonchev–Trinajstić information content (AvgIpc) is 3.30. The molecule has 1 atom stereocenters. The molecular formula is C19H18N6O. The zero-order chi connectivity index (χ0) is 17.9. The van der Waals surface area contributed by atoms with Crippen LogP contribution >= 0.6 is 0 Å². The van der Waals surface area contributed by atoms with Gasteiger partial charge in [0.15, 0.2) is 0 Å². The minimum Gasteiger partial charge on any atom is -0.343 e. The highest BCUT2D eigenvalue weighted by Gasteiger charge is 2.15. The maximum atomic E-state index is 12.4. The molecule has 26 heavy (non-hydrogen) atoms. The molecule has 0 aliphatic carbocycles. The Kier molecular flexibility index (Phi) is 4.18. The molecule has 7 heteroatoms. The van der Waals surface area contributed by atoms with Crippen LogP contribution in [0, 0.1) is 0 Å². The van der Waals surface area contributed by atoms with Gasteiger partial charge in [-0.1, -0.05) is 18.2 Å². The number of nitrogens with zero attached hydrogens (tertiary/aromatic N) is 4. The predicted molar refractivity (Wildman–Crippen MR) is 97.5 cm³/mol.